The predicted molar refractivity (Wildman–Crippen MR) is 66.6 cm³/mol. The minimum absolute atomic E-state index is 0. The quantitative estimate of drug-likeness (QED) is 0.138. The van der Waals surface area contributed by atoms with Gasteiger partial charge in [-0.15, -0.1) is 0 Å². The van der Waals surface area contributed by atoms with Gasteiger partial charge in [0.25, 0.3) is 5.71 Å². The summed E-state index contributed by atoms with van der Waals surface area (Å²) in [6.45, 7) is 2.71. The molecule has 22 heavy (non-hydrogen) atoms. The zero-order chi connectivity index (χ0) is 16.2. The molecule has 0 bridgehead atoms. The molecular weight excluding hydrogens is 329 g/mol. The van der Waals surface area contributed by atoms with Gasteiger partial charge in [-0.05, 0) is 13.8 Å². The van der Waals surface area contributed by atoms with Gasteiger partial charge in [0.2, 0.25) is 0 Å². The van der Waals surface area contributed by atoms with Crippen molar-refractivity contribution in [2.45, 2.75) is 19.6 Å². The largest absolute Gasteiger partial charge is 1.00 e. The average molecular weight is 342 g/mol. The molecule has 11 nitrogen and oxygen atoms in total. The van der Waals surface area contributed by atoms with Crippen LogP contribution in [-0.2, 0) is 9.47 Å². The Bertz CT molecular complexity index is 510. The standard InChI is InChI=1S/C10H13N3O8.K/c1-3-20-10(21-4-2)8(12(16)17)5-7(11(14)15)6-9(10)13(18)19;/h5-6H,3-4H2,1-2H3,(H,14,15);/q;+1. The van der Waals surface area contributed by atoms with E-state index in [1.807, 2.05) is 0 Å². The number of hydrogen-bond acceptors (Lipinski definition) is 8. The fourth-order valence-electron chi connectivity index (χ4n) is 1.84. The van der Waals surface area contributed by atoms with Gasteiger partial charge in [-0.25, -0.2) is 0 Å². The predicted octanol–water partition coefficient (Wildman–Crippen LogP) is -2.56. The van der Waals surface area contributed by atoms with E-state index in [4.69, 9.17) is 14.7 Å². The molecule has 0 saturated carbocycles. The summed E-state index contributed by atoms with van der Waals surface area (Å²) < 4.78 is 10.3. The molecule has 1 aliphatic carbocycles. The topological polar surface area (TPSA) is 151 Å². The molecule has 1 aliphatic rings. The van der Waals surface area contributed by atoms with Crippen LogP contribution in [0.2, 0.25) is 0 Å². The molecule has 0 heterocycles. The third kappa shape index (κ3) is 4.10. The van der Waals surface area contributed by atoms with Crippen LogP contribution < -0.4 is 51.4 Å². The Morgan fingerprint density at radius 3 is 1.64 bits per heavy atom. The number of allylic oxidation sites excluding steroid dienone is 2. The van der Waals surface area contributed by atoms with Gasteiger partial charge in [0.1, 0.15) is 0 Å². The molecule has 0 aliphatic heterocycles. The monoisotopic (exact) mass is 342 g/mol. The van der Waals surface area contributed by atoms with Crippen LogP contribution in [0, 0.1) is 25.4 Å². The molecule has 0 aromatic carbocycles. The van der Waals surface area contributed by atoms with Crippen LogP contribution in [0.5, 0.6) is 0 Å². The maximum Gasteiger partial charge on any atom is 1.00 e. The number of nitrogens with zero attached hydrogens (tertiary/aromatic N) is 3. The zero-order valence-corrected chi connectivity index (χ0v) is 15.3. The molecule has 0 aromatic heterocycles. The van der Waals surface area contributed by atoms with Crippen LogP contribution in [0.25, 0.3) is 0 Å². The van der Waals surface area contributed by atoms with Crippen molar-refractivity contribution < 1.29 is 80.8 Å². The van der Waals surface area contributed by atoms with Gasteiger partial charge < -0.3 is 14.7 Å². The molecule has 12 heteroatoms. The van der Waals surface area contributed by atoms with Crippen molar-refractivity contribution in [1.29, 1.82) is 0 Å². The summed E-state index contributed by atoms with van der Waals surface area (Å²) in [6, 6.07) is 0. The first-order chi connectivity index (χ1) is 9.80. The second-order valence-corrected chi connectivity index (χ2v) is 3.75. The normalized spacial score (nSPS) is 16.2. The molecule has 0 atom stereocenters. The molecule has 1 rings (SSSR count). The first-order valence-electron chi connectivity index (χ1n) is 5.84. The summed E-state index contributed by atoms with van der Waals surface area (Å²) in [5.41, 5.74) is -2.42. The Hall–Kier alpha value is -0.894. The molecular formula is C10H13KN3O8+. The Morgan fingerprint density at radius 2 is 1.41 bits per heavy atom. The second kappa shape index (κ2) is 8.66. The SMILES string of the molecule is CCOC1(OCC)C([N+](=O)[O-])=CC(=[N+]([O-])O)C=C1[N+](=O)[O-].[K+]. The summed E-state index contributed by atoms with van der Waals surface area (Å²) in [5.74, 6) is -2.35. The molecule has 1 N–H and O–H groups in total. The minimum Gasteiger partial charge on any atom is -0.417 e. The van der Waals surface area contributed by atoms with Crippen molar-refractivity contribution in [3.8, 4) is 0 Å². The van der Waals surface area contributed by atoms with Gasteiger partial charge in [0, 0.05) is 18.1 Å². The van der Waals surface area contributed by atoms with Crippen molar-refractivity contribution in [2.24, 2.45) is 0 Å². The van der Waals surface area contributed by atoms with Crippen molar-refractivity contribution in [3.05, 3.63) is 49.0 Å². The Morgan fingerprint density at radius 1 is 1.05 bits per heavy atom. The summed E-state index contributed by atoms with van der Waals surface area (Å²) in [4.78, 5) is 19.7. The minimum atomic E-state index is -2.35. The fourth-order valence-corrected chi connectivity index (χ4v) is 1.84. The molecule has 0 spiro atoms. The van der Waals surface area contributed by atoms with E-state index in [9.17, 15) is 25.4 Å². The molecule has 0 aromatic rings. The first kappa shape index (κ1) is 21.1. The smallest absolute Gasteiger partial charge is 0.417 e. The molecule has 0 fully saturated rings. The summed E-state index contributed by atoms with van der Waals surface area (Å²) in [6.07, 6.45) is 1.32. The van der Waals surface area contributed by atoms with E-state index in [1.54, 1.807) is 0 Å². The Labute approximate surface area is 167 Å². The Kier molecular flexibility index (Phi) is 8.31. The van der Waals surface area contributed by atoms with E-state index in [0.29, 0.717) is 12.2 Å². The molecule has 0 saturated heterocycles. The summed E-state index contributed by atoms with van der Waals surface area (Å²) >= 11 is 0. The first-order valence-corrected chi connectivity index (χ1v) is 5.84. The van der Waals surface area contributed by atoms with Gasteiger partial charge in [-0.2, -0.15) is 0 Å². The average Bonchev–Trinajstić information content (AvgIpc) is 2.38. The van der Waals surface area contributed by atoms with Crippen molar-refractivity contribution in [2.75, 3.05) is 13.2 Å². The van der Waals surface area contributed by atoms with Gasteiger partial charge in [-0.1, -0.05) is 0 Å². The maximum atomic E-state index is 11.2. The van der Waals surface area contributed by atoms with Gasteiger partial charge >= 0.3 is 68.6 Å². The number of rotatable bonds is 6. The van der Waals surface area contributed by atoms with Crippen LogP contribution >= 0.6 is 0 Å². The van der Waals surface area contributed by atoms with Gasteiger partial charge in [0.15, 0.2) is 0 Å². The van der Waals surface area contributed by atoms with Crippen molar-refractivity contribution in [1.82, 2.24) is 0 Å². The van der Waals surface area contributed by atoms with E-state index in [0.717, 1.165) is 0 Å². The van der Waals surface area contributed by atoms with Crippen molar-refractivity contribution in [3.63, 3.8) is 0 Å². The number of hydrogen-bond donors (Lipinski definition) is 1. The second-order valence-electron chi connectivity index (χ2n) is 3.75. The fraction of sp³-hybridized carbons (Fsp3) is 0.500. The zero-order valence-electron chi connectivity index (χ0n) is 12.2. The molecule has 0 amide bonds. The van der Waals surface area contributed by atoms with Gasteiger partial charge in [0.05, 0.1) is 22.0 Å². The van der Waals surface area contributed by atoms with E-state index in [2.05, 4.69) is 0 Å². The van der Waals surface area contributed by atoms with Crippen LogP contribution in [0.1, 0.15) is 13.8 Å². The van der Waals surface area contributed by atoms with E-state index >= 15 is 0 Å². The third-order valence-corrected chi connectivity index (χ3v) is 2.55. The van der Waals surface area contributed by atoms with Crippen LogP contribution in [0.3, 0.4) is 0 Å². The number of ether oxygens (including phenoxy) is 2. The van der Waals surface area contributed by atoms with Crippen molar-refractivity contribution >= 4 is 5.71 Å². The van der Waals surface area contributed by atoms with E-state index in [1.165, 1.54) is 13.8 Å². The van der Waals surface area contributed by atoms with Crippen LogP contribution in [0.15, 0.2) is 23.5 Å². The van der Waals surface area contributed by atoms with Crippen LogP contribution in [0.4, 0.5) is 0 Å². The maximum absolute atomic E-state index is 11.2. The third-order valence-electron chi connectivity index (χ3n) is 2.55. The van der Waals surface area contributed by atoms with Gasteiger partial charge in [-0.3, -0.25) is 25.4 Å². The molecule has 116 valence electrons. The summed E-state index contributed by atoms with van der Waals surface area (Å²) in [7, 11) is 0. The van der Waals surface area contributed by atoms with Crippen LogP contribution in [-0.4, -0.2) is 44.7 Å². The van der Waals surface area contributed by atoms with E-state index < -0.39 is 37.6 Å². The molecule has 0 radical (unpaired) electrons. The summed E-state index contributed by atoms with van der Waals surface area (Å²) in [5, 5.41) is 42.0. The number of nitro groups is 2. The Balaban J connectivity index is 0.00000441. The van der Waals surface area contributed by atoms with E-state index in [-0.39, 0.29) is 64.6 Å². The molecule has 0 unspecified atom stereocenters.